The number of carbonyl (C=O) groups is 1. The molecule has 0 spiro atoms. The van der Waals surface area contributed by atoms with Gasteiger partial charge < -0.3 is 15.4 Å². The number of nitrogens with one attached hydrogen (secondary N) is 2. The first-order chi connectivity index (χ1) is 11.3. The van der Waals surface area contributed by atoms with E-state index in [1.54, 1.807) is 24.4 Å². The molecule has 2 aromatic rings. The summed E-state index contributed by atoms with van der Waals surface area (Å²) >= 11 is 0. The summed E-state index contributed by atoms with van der Waals surface area (Å²) < 4.78 is 5.97. The standard InChI is InChI=1S/C18H21N3O2/c22-18(17-3-1-2-10-20-17)21-13-14-4-6-15(7-5-14)23-16-8-11-19-12-9-16/h1-7,10,16,19H,8-9,11-13H2,(H,21,22). The summed E-state index contributed by atoms with van der Waals surface area (Å²) in [5, 5.41) is 6.19. The Balaban J connectivity index is 1.50. The highest BCUT2D eigenvalue weighted by Crippen LogP contribution is 2.17. The minimum atomic E-state index is -0.166. The van der Waals surface area contributed by atoms with Gasteiger partial charge in [-0.1, -0.05) is 18.2 Å². The van der Waals surface area contributed by atoms with Crippen LogP contribution in [0.4, 0.5) is 0 Å². The highest BCUT2D eigenvalue weighted by molar-refractivity contribution is 5.92. The third-order valence-electron chi connectivity index (χ3n) is 3.86. The van der Waals surface area contributed by atoms with Crippen LogP contribution in [0, 0.1) is 0 Å². The first-order valence-corrected chi connectivity index (χ1v) is 7.97. The highest BCUT2D eigenvalue weighted by Gasteiger charge is 2.14. The van der Waals surface area contributed by atoms with Gasteiger partial charge in [0.2, 0.25) is 0 Å². The van der Waals surface area contributed by atoms with E-state index >= 15 is 0 Å². The number of rotatable bonds is 5. The molecule has 2 N–H and O–H groups in total. The average molecular weight is 311 g/mol. The molecule has 0 aliphatic carbocycles. The zero-order valence-corrected chi connectivity index (χ0v) is 13.0. The van der Waals surface area contributed by atoms with E-state index in [4.69, 9.17) is 4.74 Å². The van der Waals surface area contributed by atoms with E-state index in [1.807, 2.05) is 24.3 Å². The maximum Gasteiger partial charge on any atom is 0.270 e. The molecule has 0 radical (unpaired) electrons. The summed E-state index contributed by atoms with van der Waals surface area (Å²) in [6.45, 7) is 2.51. The van der Waals surface area contributed by atoms with Gasteiger partial charge in [0.25, 0.3) is 5.91 Å². The van der Waals surface area contributed by atoms with Crippen LogP contribution in [0.5, 0.6) is 5.75 Å². The van der Waals surface area contributed by atoms with Crippen molar-refractivity contribution in [2.45, 2.75) is 25.5 Å². The lowest BCUT2D eigenvalue weighted by molar-refractivity contribution is 0.0946. The number of pyridine rings is 1. The van der Waals surface area contributed by atoms with Crippen molar-refractivity contribution in [3.63, 3.8) is 0 Å². The van der Waals surface area contributed by atoms with Crippen molar-refractivity contribution < 1.29 is 9.53 Å². The molecule has 1 fully saturated rings. The molecular formula is C18H21N3O2. The Morgan fingerprint density at radius 3 is 2.65 bits per heavy atom. The zero-order chi connectivity index (χ0) is 15.9. The fraction of sp³-hybridized carbons (Fsp3) is 0.333. The van der Waals surface area contributed by atoms with Crippen LogP contribution < -0.4 is 15.4 Å². The van der Waals surface area contributed by atoms with E-state index in [2.05, 4.69) is 15.6 Å². The fourth-order valence-electron chi connectivity index (χ4n) is 2.56. The Hall–Kier alpha value is -2.40. The molecule has 23 heavy (non-hydrogen) atoms. The van der Waals surface area contributed by atoms with Crippen LogP contribution in [-0.2, 0) is 6.54 Å². The Kier molecular flexibility index (Phi) is 5.21. The smallest absolute Gasteiger partial charge is 0.270 e. The van der Waals surface area contributed by atoms with Gasteiger partial charge in [-0.25, -0.2) is 0 Å². The van der Waals surface area contributed by atoms with E-state index in [0.29, 0.717) is 18.3 Å². The second kappa shape index (κ2) is 7.74. The molecule has 5 nitrogen and oxygen atoms in total. The fourth-order valence-corrected chi connectivity index (χ4v) is 2.56. The second-order valence-corrected chi connectivity index (χ2v) is 5.61. The molecule has 1 amide bonds. The number of carbonyl (C=O) groups excluding carboxylic acids is 1. The van der Waals surface area contributed by atoms with Crippen molar-refractivity contribution >= 4 is 5.91 Å². The lowest BCUT2D eigenvalue weighted by Gasteiger charge is -2.23. The normalized spacial score (nSPS) is 15.1. The monoisotopic (exact) mass is 311 g/mol. The predicted molar refractivity (Wildman–Crippen MR) is 88.4 cm³/mol. The van der Waals surface area contributed by atoms with E-state index in [9.17, 15) is 4.79 Å². The van der Waals surface area contributed by atoms with Crippen molar-refractivity contribution in [3.8, 4) is 5.75 Å². The van der Waals surface area contributed by atoms with Crippen LogP contribution in [0.25, 0.3) is 0 Å². The van der Waals surface area contributed by atoms with Crippen LogP contribution >= 0.6 is 0 Å². The van der Waals surface area contributed by atoms with Gasteiger partial charge in [0.1, 0.15) is 17.5 Å². The van der Waals surface area contributed by atoms with Crippen molar-refractivity contribution in [2.24, 2.45) is 0 Å². The maximum atomic E-state index is 11.9. The number of hydrogen-bond donors (Lipinski definition) is 2. The molecule has 0 atom stereocenters. The van der Waals surface area contributed by atoms with Crippen molar-refractivity contribution in [1.29, 1.82) is 0 Å². The number of hydrogen-bond acceptors (Lipinski definition) is 4. The second-order valence-electron chi connectivity index (χ2n) is 5.61. The number of aromatic nitrogens is 1. The number of benzene rings is 1. The molecule has 1 saturated heterocycles. The summed E-state index contributed by atoms with van der Waals surface area (Å²) in [5.74, 6) is 0.720. The molecule has 1 aliphatic rings. The molecule has 3 rings (SSSR count). The zero-order valence-electron chi connectivity index (χ0n) is 13.0. The van der Waals surface area contributed by atoms with Crippen molar-refractivity contribution in [1.82, 2.24) is 15.6 Å². The van der Waals surface area contributed by atoms with Crippen molar-refractivity contribution in [2.75, 3.05) is 13.1 Å². The van der Waals surface area contributed by atoms with E-state index in [0.717, 1.165) is 37.2 Å². The molecule has 1 aromatic carbocycles. The number of ether oxygens (including phenoxy) is 1. The Morgan fingerprint density at radius 2 is 1.96 bits per heavy atom. The quantitative estimate of drug-likeness (QED) is 0.888. The largest absolute Gasteiger partial charge is 0.490 e. The van der Waals surface area contributed by atoms with Crippen LogP contribution in [0.3, 0.4) is 0 Å². The number of amides is 1. The van der Waals surface area contributed by atoms with Crippen LogP contribution in [0.15, 0.2) is 48.7 Å². The molecule has 0 bridgehead atoms. The van der Waals surface area contributed by atoms with Crippen LogP contribution in [0.2, 0.25) is 0 Å². The lowest BCUT2D eigenvalue weighted by Crippen LogP contribution is -2.34. The van der Waals surface area contributed by atoms with Gasteiger partial charge in [-0.05, 0) is 55.8 Å². The van der Waals surface area contributed by atoms with Crippen LogP contribution in [-0.4, -0.2) is 30.1 Å². The van der Waals surface area contributed by atoms with E-state index in [1.165, 1.54) is 0 Å². The SMILES string of the molecule is O=C(NCc1ccc(OC2CCNCC2)cc1)c1ccccn1. The summed E-state index contributed by atoms with van der Waals surface area (Å²) in [5.41, 5.74) is 1.46. The molecule has 120 valence electrons. The molecule has 0 unspecified atom stereocenters. The molecular weight excluding hydrogens is 290 g/mol. The van der Waals surface area contributed by atoms with Gasteiger partial charge in [0.05, 0.1) is 0 Å². The van der Waals surface area contributed by atoms with Gasteiger partial charge in [0, 0.05) is 12.7 Å². The first-order valence-electron chi connectivity index (χ1n) is 7.97. The van der Waals surface area contributed by atoms with Gasteiger partial charge in [-0.3, -0.25) is 9.78 Å². The topological polar surface area (TPSA) is 63.2 Å². The predicted octanol–water partition coefficient (Wildman–Crippen LogP) is 2.14. The van der Waals surface area contributed by atoms with Gasteiger partial charge in [-0.2, -0.15) is 0 Å². The number of nitrogens with zero attached hydrogens (tertiary/aromatic N) is 1. The molecule has 5 heteroatoms. The molecule has 0 saturated carbocycles. The maximum absolute atomic E-state index is 11.9. The van der Waals surface area contributed by atoms with Gasteiger partial charge in [-0.15, -0.1) is 0 Å². The lowest BCUT2D eigenvalue weighted by atomic mass is 10.1. The van der Waals surface area contributed by atoms with E-state index in [-0.39, 0.29) is 5.91 Å². The number of piperidine rings is 1. The van der Waals surface area contributed by atoms with E-state index < -0.39 is 0 Å². The average Bonchev–Trinajstić information content (AvgIpc) is 2.62. The minimum absolute atomic E-state index is 0.166. The third-order valence-corrected chi connectivity index (χ3v) is 3.86. The molecule has 1 aliphatic heterocycles. The minimum Gasteiger partial charge on any atom is -0.490 e. The van der Waals surface area contributed by atoms with Crippen LogP contribution in [0.1, 0.15) is 28.9 Å². The Bertz CT molecular complexity index is 622. The van der Waals surface area contributed by atoms with Crippen molar-refractivity contribution in [3.05, 3.63) is 59.9 Å². The summed E-state index contributed by atoms with van der Waals surface area (Å²) in [6, 6.07) is 13.2. The van der Waals surface area contributed by atoms with Gasteiger partial charge >= 0.3 is 0 Å². The highest BCUT2D eigenvalue weighted by atomic mass is 16.5. The summed E-state index contributed by atoms with van der Waals surface area (Å²) in [7, 11) is 0. The summed E-state index contributed by atoms with van der Waals surface area (Å²) in [4.78, 5) is 16.0. The first kappa shape index (κ1) is 15.5. The van der Waals surface area contributed by atoms with Gasteiger partial charge in [0.15, 0.2) is 0 Å². The molecule has 2 heterocycles. The Morgan fingerprint density at radius 1 is 1.17 bits per heavy atom. The molecule has 1 aromatic heterocycles. The third kappa shape index (κ3) is 4.53. The summed E-state index contributed by atoms with van der Waals surface area (Å²) in [6.07, 6.45) is 4.00. The Labute approximate surface area is 136 Å².